The van der Waals surface area contributed by atoms with Crippen LogP contribution in [0.3, 0.4) is 0 Å². The summed E-state index contributed by atoms with van der Waals surface area (Å²) in [7, 11) is -2.48. The Morgan fingerprint density at radius 3 is 2.00 bits per heavy atom. The summed E-state index contributed by atoms with van der Waals surface area (Å²) in [6.07, 6.45) is 0. The maximum Gasteiger partial charge on any atom is 0.245 e. The van der Waals surface area contributed by atoms with E-state index in [1.165, 1.54) is 0 Å². The fourth-order valence-corrected chi connectivity index (χ4v) is 5.39. The first kappa shape index (κ1) is 11.8. The van der Waals surface area contributed by atoms with Crippen LogP contribution in [-0.2, 0) is 4.57 Å². The lowest BCUT2D eigenvalue weighted by molar-refractivity contribution is 0.465. The third-order valence-electron chi connectivity index (χ3n) is 3.21. The van der Waals surface area contributed by atoms with E-state index in [1.807, 2.05) is 30.3 Å². The van der Waals surface area contributed by atoms with Crippen molar-refractivity contribution >= 4 is 12.7 Å². The highest BCUT2D eigenvalue weighted by Crippen LogP contribution is 2.55. The Balaban J connectivity index is 2.44. The summed E-state index contributed by atoms with van der Waals surface area (Å²) in [6, 6.07) is 9.87. The minimum absolute atomic E-state index is 0.850. The van der Waals surface area contributed by atoms with Crippen molar-refractivity contribution in [3.05, 3.63) is 30.3 Å². The van der Waals surface area contributed by atoms with E-state index in [-0.39, 0.29) is 0 Å². The molecule has 0 aliphatic carbocycles. The SMILES string of the molecule is CCN1CCN(CC)P1(=O)c1ccccc1. The molecule has 1 saturated heterocycles. The zero-order valence-corrected chi connectivity index (χ0v) is 10.9. The monoisotopic (exact) mass is 238 g/mol. The van der Waals surface area contributed by atoms with E-state index in [0.717, 1.165) is 31.5 Å². The van der Waals surface area contributed by atoms with Gasteiger partial charge in [-0.2, -0.15) is 0 Å². The largest absolute Gasteiger partial charge is 0.284 e. The predicted octanol–water partition coefficient (Wildman–Crippen LogP) is 2.16. The fourth-order valence-electron chi connectivity index (χ4n) is 2.33. The molecule has 0 spiro atoms. The Morgan fingerprint density at radius 1 is 1.06 bits per heavy atom. The quantitative estimate of drug-likeness (QED) is 0.754. The zero-order chi connectivity index (χ0) is 11.6. The van der Waals surface area contributed by atoms with E-state index >= 15 is 0 Å². The first-order valence-corrected chi connectivity index (χ1v) is 7.51. The Hall–Kier alpha value is -0.630. The van der Waals surface area contributed by atoms with Gasteiger partial charge in [0.25, 0.3) is 0 Å². The molecule has 1 aliphatic heterocycles. The molecule has 4 heteroatoms. The lowest BCUT2D eigenvalue weighted by Crippen LogP contribution is -2.27. The van der Waals surface area contributed by atoms with Crippen molar-refractivity contribution in [2.24, 2.45) is 0 Å². The third kappa shape index (κ3) is 1.73. The van der Waals surface area contributed by atoms with Gasteiger partial charge in [0, 0.05) is 31.5 Å². The minimum Gasteiger partial charge on any atom is -0.284 e. The van der Waals surface area contributed by atoms with E-state index in [2.05, 4.69) is 23.2 Å². The molecule has 0 unspecified atom stereocenters. The highest BCUT2D eigenvalue weighted by Gasteiger charge is 2.42. The normalized spacial score (nSPS) is 21.4. The molecule has 2 rings (SSSR count). The van der Waals surface area contributed by atoms with Crippen LogP contribution in [0, 0.1) is 0 Å². The van der Waals surface area contributed by atoms with Crippen molar-refractivity contribution in [1.82, 2.24) is 9.34 Å². The molecule has 0 atom stereocenters. The molecule has 0 radical (unpaired) electrons. The van der Waals surface area contributed by atoms with Gasteiger partial charge in [-0.15, -0.1) is 0 Å². The van der Waals surface area contributed by atoms with Crippen molar-refractivity contribution < 1.29 is 4.57 Å². The first-order valence-electron chi connectivity index (χ1n) is 5.90. The molecule has 1 fully saturated rings. The van der Waals surface area contributed by atoms with Gasteiger partial charge >= 0.3 is 0 Å². The average molecular weight is 238 g/mol. The molecule has 0 amide bonds. The summed E-state index contributed by atoms with van der Waals surface area (Å²) < 4.78 is 17.4. The van der Waals surface area contributed by atoms with Gasteiger partial charge in [-0.1, -0.05) is 32.0 Å². The van der Waals surface area contributed by atoms with Crippen molar-refractivity contribution in [2.45, 2.75) is 13.8 Å². The molecule has 16 heavy (non-hydrogen) atoms. The Labute approximate surface area is 97.5 Å². The van der Waals surface area contributed by atoms with Crippen molar-refractivity contribution in [3.63, 3.8) is 0 Å². The van der Waals surface area contributed by atoms with E-state index in [9.17, 15) is 4.57 Å². The molecule has 88 valence electrons. The topological polar surface area (TPSA) is 23.6 Å². The number of hydrogen-bond acceptors (Lipinski definition) is 1. The molecule has 0 bridgehead atoms. The highest BCUT2D eigenvalue weighted by atomic mass is 31.2. The Kier molecular flexibility index (Phi) is 3.48. The smallest absolute Gasteiger partial charge is 0.245 e. The van der Waals surface area contributed by atoms with Crippen molar-refractivity contribution in [1.29, 1.82) is 0 Å². The van der Waals surface area contributed by atoms with Crippen LogP contribution in [0.25, 0.3) is 0 Å². The second kappa shape index (κ2) is 4.70. The third-order valence-corrected chi connectivity index (χ3v) is 6.68. The molecule has 1 aliphatic rings. The van der Waals surface area contributed by atoms with Gasteiger partial charge in [-0.05, 0) is 12.1 Å². The lowest BCUT2D eigenvalue weighted by Gasteiger charge is -2.29. The molecular formula is C12H19N2OP. The lowest BCUT2D eigenvalue weighted by atomic mass is 10.4. The summed E-state index contributed by atoms with van der Waals surface area (Å²) in [6.45, 7) is 7.68. The summed E-state index contributed by atoms with van der Waals surface area (Å²) in [5.74, 6) is 0. The van der Waals surface area contributed by atoms with E-state index < -0.39 is 7.44 Å². The minimum atomic E-state index is -2.48. The van der Waals surface area contributed by atoms with Crippen LogP contribution in [0.15, 0.2) is 30.3 Å². The number of likely N-dealkylation sites (N-methyl/N-ethyl adjacent to an activating group) is 2. The van der Waals surface area contributed by atoms with Crippen LogP contribution < -0.4 is 5.30 Å². The van der Waals surface area contributed by atoms with Crippen molar-refractivity contribution in [2.75, 3.05) is 26.2 Å². The number of hydrogen-bond donors (Lipinski definition) is 0. The fraction of sp³-hybridized carbons (Fsp3) is 0.500. The maximum absolute atomic E-state index is 13.2. The summed E-state index contributed by atoms with van der Waals surface area (Å²) >= 11 is 0. The van der Waals surface area contributed by atoms with E-state index in [0.29, 0.717) is 0 Å². The molecule has 0 saturated carbocycles. The molecule has 3 nitrogen and oxygen atoms in total. The summed E-state index contributed by atoms with van der Waals surface area (Å²) in [4.78, 5) is 0. The van der Waals surface area contributed by atoms with Gasteiger partial charge < -0.3 is 0 Å². The summed E-state index contributed by atoms with van der Waals surface area (Å²) in [5.41, 5.74) is 0. The Morgan fingerprint density at radius 2 is 1.56 bits per heavy atom. The molecule has 1 heterocycles. The molecular weight excluding hydrogens is 219 g/mol. The Bertz CT molecular complexity index is 377. The van der Waals surface area contributed by atoms with Crippen LogP contribution in [-0.4, -0.2) is 35.5 Å². The molecule has 0 N–H and O–H groups in total. The van der Waals surface area contributed by atoms with Crippen LogP contribution in [0.5, 0.6) is 0 Å². The predicted molar refractivity (Wildman–Crippen MR) is 68.2 cm³/mol. The average Bonchev–Trinajstić information content (AvgIpc) is 2.68. The van der Waals surface area contributed by atoms with Crippen LogP contribution in [0.2, 0.25) is 0 Å². The van der Waals surface area contributed by atoms with Gasteiger partial charge in [-0.3, -0.25) is 4.57 Å². The molecule has 1 aromatic carbocycles. The second-order valence-corrected chi connectivity index (χ2v) is 6.71. The molecule has 1 aromatic rings. The van der Waals surface area contributed by atoms with Gasteiger partial charge in [0.1, 0.15) is 0 Å². The van der Waals surface area contributed by atoms with Gasteiger partial charge in [0.15, 0.2) is 0 Å². The highest BCUT2D eigenvalue weighted by molar-refractivity contribution is 7.67. The second-order valence-electron chi connectivity index (χ2n) is 3.97. The van der Waals surface area contributed by atoms with Crippen molar-refractivity contribution in [3.8, 4) is 0 Å². The van der Waals surface area contributed by atoms with Gasteiger partial charge in [0.2, 0.25) is 7.44 Å². The van der Waals surface area contributed by atoms with Crippen LogP contribution >= 0.6 is 7.44 Å². The van der Waals surface area contributed by atoms with E-state index in [1.54, 1.807) is 0 Å². The number of benzene rings is 1. The number of rotatable bonds is 3. The standard InChI is InChI=1S/C12H19N2OP/c1-3-13-10-11-14(4-2)16(13,15)12-8-6-5-7-9-12/h5-9H,3-4,10-11H2,1-2H3. The number of nitrogens with zero attached hydrogens (tertiary/aromatic N) is 2. The maximum atomic E-state index is 13.2. The molecule has 0 aromatic heterocycles. The van der Waals surface area contributed by atoms with Gasteiger partial charge in [-0.25, -0.2) is 9.34 Å². The summed E-state index contributed by atoms with van der Waals surface area (Å²) in [5, 5.41) is 0.969. The zero-order valence-electron chi connectivity index (χ0n) is 9.97. The van der Waals surface area contributed by atoms with Gasteiger partial charge in [0.05, 0.1) is 0 Å². The van der Waals surface area contributed by atoms with Crippen LogP contribution in [0.4, 0.5) is 0 Å². The van der Waals surface area contributed by atoms with E-state index in [4.69, 9.17) is 0 Å². The van der Waals surface area contributed by atoms with Crippen LogP contribution in [0.1, 0.15) is 13.8 Å². The first-order chi connectivity index (χ1) is 7.73.